The monoisotopic (exact) mass is 352 g/mol. The molecule has 0 saturated heterocycles. The van der Waals surface area contributed by atoms with E-state index in [-0.39, 0.29) is 5.56 Å². The first-order valence-corrected chi connectivity index (χ1v) is 8.03. The number of hydrogen-bond donors (Lipinski definition) is 2. The van der Waals surface area contributed by atoms with Gasteiger partial charge in [0.25, 0.3) is 5.91 Å². The number of aromatic nitrogens is 2. The number of anilines is 3. The summed E-state index contributed by atoms with van der Waals surface area (Å²) in [5, 5.41) is 5.63. The van der Waals surface area contributed by atoms with Crippen LogP contribution in [0.25, 0.3) is 0 Å². The molecule has 3 rings (SSSR count). The third-order valence-corrected chi connectivity index (χ3v) is 3.42. The highest BCUT2D eigenvalue weighted by atomic mass is 19.1. The molecule has 1 amide bonds. The van der Waals surface area contributed by atoms with E-state index >= 15 is 0 Å². The summed E-state index contributed by atoms with van der Waals surface area (Å²) >= 11 is 0. The Kier molecular flexibility index (Phi) is 5.38. The van der Waals surface area contributed by atoms with E-state index in [0.717, 1.165) is 11.4 Å². The van der Waals surface area contributed by atoms with Gasteiger partial charge in [-0.15, -0.1) is 0 Å². The van der Waals surface area contributed by atoms with Crippen LogP contribution in [-0.2, 0) is 0 Å². The van der Waals surface area contributed by atoms with E-state index in [2.05, 4.69) is 20.6 Å². The van der Waals surface area contributed by atoms with E-state index in [0.29, 0.717) is 18.2 Å². The summed E-state index contributed by atoms with van der Waals surface area (Å²) < 4.78 is 18.5. The number of nitrogens with one attached hydrogen (secondary N) is 2. The van der Waals surface area contributed by atoms with E-state index in [9.17, 15) is 9.18 Å². The lowest BCUT2D eigenvalue weighted by Crippen LogP contribution is -2.13. The molecule has 26 heavy (non-hydrogen) atoms. The smallest absolute Gasteiger partial charge is 0.258 e. The number of rotatable bonds is 6. The number of amides is 1. The fraction of sp³-hybridized carbons (Fsp3) is 0.105. The minimum absolute atomic E-state index is 0.270. The van der Waals surface area contributed by atoms with Gasteiger partial charge in [-0.1, -0.05) is 6.07 Å². The van der Waals surface area contributed by atoms with Gasteiger partial charge in [0.15, 0.2) is 0 Å². The zero-order valence-corrected chi connectivity index (χ0v) is 14.1. The van der Waals surface area contributed by atoms with Crippen molar-refractivity contribution in [3.8, 4) is 5.75 Å². The molecule has 0 aliphatic rings. The van der Waals surface area contributed by atoms with Gasteiger partial charge < -0.3 is 15.4 Å². The normalized spacial score (nSPS) is 10.2. The van der Waals surface area contributed by atoms with Crippen LogP contribution in [0.1, 0.15) is 17.3 Å². The van der Waals surface area contributed by atoms with Crippen LogP contribution < -0.4 is 15.4 Å². The molecular formula is C19H17FN4O2. The quantitative estimate of drug-likeness (QED) is 0.701. The third-order valence-electron chi connectivity index (χ3n) is 3.42. The minimum atomic E-state index is -0.422. The molecule has 0 spiro atoms. The Labute approximate surface area is 150 Å². The Hall–Kier alpha value is -3.48. The van der Waals surface area contributed by atoms with Gasteiger partial charge in [-0.05, 0) is 49.4 Å². The highest BCUT2D eigenvalue weighted by Crippen LogP contribution is 2.18. The summed E-state index contributed by atoms with van der Waals surface area (Å²) in [6.07, 6.45) is 2.80. The average Bonchev–Trinajstić information content (AvgIpc) is 2.64. The number of ether oxygens (including phenoxy) is 1. The maximum absolute atomic E-state index is 13.2. The zero-order valence-electron chi connectivity index (χ0n) is 14.1. The second-order valence-electron chi connectivity index (χ2n) is 5.34. The van der Waals surface area contributed by atoms with E-state index in [4.69, 9.17) is 4.74 Å². The molecule has 0 aliphatic heterocycles. The van der Waals surface area contributed by atoms with Crippen molar-refractivity contribution in [1.82, 2.24) is 9.97 Å². The molecule has 0 unspecified atom stereocenters. The maximum atomic E-state index is 13.2. The van der Waals surface area contributed by atoms with Crippen LogP contribution in [0.15, 0.2) is 60.9 Å². The molecule has 6 nitrogen and oxygen atoms in total. The van der Waals surface area contributed by atoms with Crippen molar-refractivity contribution in [2.24, 2.45) is 0 Å². The van der Waals surface area contributed by atoms with E-state index in [1.165, 1.54) is 30.6 Å². The predicted octanol–water partition coefficient (Wildman–Crippen LogP) is 4.01. The van der Waals surface area contributed by atoms with Gasteiger partial charge in [0.1, 0.15) is 11.6 Å². The molecule has 7 heteroatoms. The molecule has 0 saturated carbocycles. The lowest BCUT2D eigenvalue weighted by molar-refractivity contribution is 0.102. The van der Waals surface area contributed by atoms with Gasteiger partial charge in [-0.25, -0.2) is 14.4 Å². The highest BCUT2D eigenvalue weighted by Gasteiger charge is 2.08. The summed E-state index contributed by atoms with van der Waals surface area (Å²) in [5.74, 6) is 0.303. The zero-order chi connectivity index (χ0) is 18.4. The van der Waals surface area contributed by atoms with Crippen molar-refractivity contribution < 1.29 is 13.9 Å². The standard InChI is InChI=1S/C19H17FN4O2/c1-2-26-17-8-6-15(7-9-17)24-19-21-11-13(12-22-19)18(25)23-16-5-3-4-14(20)10-16/h3-12H,2H2,1H3,(H,23,25)(H,21,22,24). The lowest BCUT2D eigenvalue weighted by atomic mass is 10.2. The number of nitrogens with zero attached hydrogens (tertiary/aromatic N) is 2. The lowest BCUT2D eigenvalue weighted by Gasteiger charge is -2.08. The summed E-state index contributed by atoms with van der Waals surface area (Å²) in [7, 11) is 0. The van der Waals surface area contributed by atoms with Crippen molar-refractivity contribution in [3.05, 3.63) is 72.3 Å². The molecule has 132 valence electrons. The Bertz CT molecular complexity index is 883. The highest BCUT2D eigenvalue weighted by molar-refractivity contribution is 6.03. The summed E-state index contributed by atoms with van der Waals surface area (Å²) in [4.78, 5) is 20.4. The molecule has 2 aromatic carbocycles. The molecule has 2 N–H and O–H groups in total. The van der Waals surface area contributed by atoms with Crippen LogP contribution >= 0.6 is 0 Å². The Morgan fingerprint density at radius 1 is 1.08 bits per heavy atom. The van der Waals surface area contributed by atoms with Crippen LogP contribution in [0.5, 0.6) is 5.75 Å². The van der Waals surface area contributed by atoms with Gasteiger partial charge >= 0.3 is 0 Å². The van der Waals surface area contributed by atoms with Crippen LogP contribution in [0.3, 0.4) is 0 Å². The summed E-state index contributed by atoms with van der Waals surface area (Å²) in [6.45, 7) is 2.53. The molecule has 3 aromatic rings. The maximum Gasteiger partial charge on any atom is 0.258 e. The van der Waals surface area contributed by atoms with Crippen LogP contribution in [0.4, 0.5) is 21.7 Å². The van der Waals surface area contributed by atoms with E-state index in [1.807, 2.05) is 31.2 Å². The van der Waals surface area contributed by atoms with E-state index in [1.54, 1.807) is 6.07 Å². The van der Waals surface area contributed by atoms with Gasteiger partial charge in [-0.2, -0.15) is 0 Å². The van der Waals surface area contributed by atoms with Crippen LogP contribution in [0.2, 0.25) is 0 Å². The van der Waals surface area contributed by atoms with Crippen molar-refractivity contribution in [1.29, 1.82) is 0 Å². The molecule has 0 aliphatic carbocycles. The van der Waals surface area contributed by atoms with Crippen LogP contribution in [0, 0.1) is 5.82 Å². The van der Waals surface area contributed by atoms with Gasteiger partial charge in [0, 0.05) is 23.8 Å². The second kappa shape index (κ2) is 8.06. The minimum Gasteiger partial charge on any atom is -0.494 e. The second-order valence-corrected chi connectivity index (χ2v) is 5.34. The molecule has 1 aromatic heterocycles. The first-order chi connectivity index (χ1) is 12.6. The fourth-order valence-corrected chi connectivity index (χ4v) is 2.21. The topological polar surface area (TPSA) is 76.1 Å². The number of halogens is 1. The molecule has 0 bridgehead atoms. The summed E-state index contributed by atoms with van der Waals surface area (Å²) in [5.41, 5.74) is 1.43. The molecular weight excluding hydrogens is 335 g/mol. The molecule has 1 heterocycles. The fourth-order valence-electron chi connectivity index (χ4n) is 2.21. The third kappa shape index (κ3) is 4.54. The molecule has 0 fully saturated rings. The Balaban J connectivity index is 1.63. The van der Waals surface area contributed by atoms with Crippen molar-refractivity contribution in [2.45, 2.75) is 6.92 Å². The first kappa shape index (κ1) is 17.3. The SMILES string of the molecule is CCOc1ccc(Nc2ncc(C(=O)Nc3cccc(F)c3)cn2)cc1. The van der Waals surface area contributed by atoms with Gasteiger partial charge in [0.05, 0.1) is 12.2 Å². The first-order valence-electron chi connectivity index (χ1n) is 8.03. The number of carbonyl (C=O) groups is 1. The van der Waals surface area contributed by atoms with E-state index < -0.39 is 11.7 Å². The number of carbonyl (C=O) groups excluding carboxylic acids is 1. The average molecular weight is 352 g/mol. The van der Waals surface area contributed by atoms with Crippen molar-refractivity contribution >= 4 is 23.2 Å². The Morgan fingerprint density at radius 2 is 1.81 bits per heavy atom. The molecule has 0 radical (unpaired) electrons. The summed E-state index contributed by atoms with van der Waals surface area (Å²) in [6, 6.07) is 13.0. The van der Waals surface area contributed by atoms with Gasteiger partial charge in [0.2, 0.25) is 5.95 Å². The van der Waals surface area contributed by atoms with Crippen molar-refractivity contribution in [2.75, 3.05) is 17.2 Å². The van der Waals surface area contributed by atoms with Crippen LogP contribution in [-0.4, -0.2) is 22.5 Å². The van der Waals surface area contributed by atoms with Crippen molar-refractivity contribution in [3.63, 3.8) is 0 Å². The molecule has 0 atom stereocenters. The predicted molar refractivity (Wildman–Crippen MR) is 97.3 cm³/mol. The van der Waals surface area contributed by atoms with Gasteiger partial charge in [-0.3, -0.25) is 4.79 Å². The Morgan fingerprint density at radius 3 is 2.46 bits per heavy atom. The number of hydrogen-bond acceptors (Lipinski definition) is 5. The largest absolute Gasteiger partial charge is 0.494 e. The number of benzene rings is 2.